The Labute approximate surface area is 235 Å². The molecule has 1 atom stereocenters. The highest BCUT2D eigenvalue weighted by Crippen LogP contribution is 2.36. The summed E-state index contributed by atoms with van der Waals surface area (Å²) in [6, 6.07) is 11.5. The lowest BCUT2D eigenvalue weighted by molar-refractivity contribution is -0.131. The molecule has 0 aliphatic heterocycles. The molecule has 2 heterocycles. The zero-order valence-corrected chi connectivity index (χ0v) is 22.6. The summed E-state index contributed by atoms with van der Waals surface area (Å²) in [7, 11) is 0. The first-order valence-electron chi connectivity index (χ1n) is 13.2. The summed E-state index contributed by atoms with van der Waals surface area (Å²) in [5.41, 5.74) is 3.81. The second kappa shape index (κ2) is 11.8. The molecule has 0 spiro atoms. The lowest BCUT2D eigenvalue weighted by atomic mass is 9.95. The molecule has 1 aliphatic carbocycles. The molecule has 1 aliphatic rings. The van der Waals surface area contributed by atoms with Crippen LogP contribution in [0.25, 0.3) is 28.5 Å². The molecule has 206 valence electrons. The van der Waals surface area contributed by atoms with Gasteiger partial charge >= 0.3 is 5.97 Å². The first kappa shape index (κ1) is 27.2. The van der Waals surface area contributed by atoms with E-state index in [1.54, 1.807) is 49.8 Å². The number of hydrogen-bond donors (Lipinski definition) is 3. The number of nitrogens with one attached hydrogen (secondary N) is 2. The zero-order chi connectivity index (χ0) is 28.2. The van der Waals surface area contributed by atoms with Crippen LogP contribution in [-0.4, -0.2) is 38.5 Å². The Morgan fingerprint density at radius 2 is 1.93 bits per heavy atom. The maximum Gasteiger partial charge on any atom is 0.328 e. The van der Waals surface area contributed by atoms with Crippen LogP contribution in [0.4, 0.5) is 5.69 Å². The van der Waals surface area contributed by atoms with Gasteiger partial charge in [0.1, 0.15) is 18.1 Å². The second-order valence-corrected chi connectivity index (χ2v) is 10.3. The smallest absolute Gasteiger partial charge is 0.328 e. The minimum Gasteiger partial charge on any atom is -0.478 e. The maximum absolute atomic E-state index is 13.1. The monoisotopic (exact) mass is 560 g/mol. The predicted octanol–water partition coefficient (Wildman–Crippen LogP) is 6.31. The number of carbonyl (C=O) groups is 3. The molecule has 0 radical (unpaired) electrons. The van der Waals surface area contributed by atoms with E-state index in [0.717, 1.165) is 35.8 Å². The van der Waals surface area contributed by atoms with Crippen LogP contribution < -0.4 is 10.6 Å². The van der Waals surface area contributed by atoms with E-state index in [-0.39, 0.29) is 0 Å². The molecule has 0 saturated heterocycles. The van der Waals surface area contributed by atoms with Crippen LogP contribution in [-0.2, 0) is 9.59 Å². The van der Waals surface area contributed by atoms with Crippen molar-refractivity contribution in [1.29, 1.82) is 0 Å². The lowest BCUT2D eigenvalue weighted by Crippen LogP contribution is -2.41. The summed E-state index contributed by atoms with van der Waals surface area (Å²) in [5.74, 6) is -1.13. The average Bonchev–Trinajstić information content (AvgIpc) is 3.61. The van der Waals surface area contributed by atoms with Crippen molar-refractivity contribution in [2.75, 3.05) is 5.32 Å². The molecule has 1 unspecified atom stereocenters. The number of aromatic nitrogens is 2. The highest BCUT2D eigenvalue weighted by atomic mass is 35.5. The van der Waals surface area contributed by atoms with Gasteiger partial charge in [-0.25, -0.2) is 9.78 Å². The Morgan fingerprint density at radius 1 is 1.12 bits per heavy atom. The summed E-state index contributed by atoms with van der Waals surface area (Å²) in [4.78, 5) is 41.6. The van der Waals surface area contributed by atoms with Gasteiger partial charge in [0.05, 0.1) is 22.9 Å². The first-order chi connectivity index (χ1) is 19.3. The normalized spacial score (nSPS) is 14.8. The van der Waals surface area contributed by atoms with Crippen LogP contribution in [0.2, 0.25) is 5.02 Å². The van der Waals surface area contributed by atoms with Gasteiger partial charge in [-0.1, -0.05) is 30.9 Å². The number of furan rings is 1. The van der Waals surface area contributed by atoms with E-state index >= 15 is 0 Å². The van der Waals surface area contributed by atoms with Crippen LogP contribution >= 0.6 is 11.6 Å². The summed E-state index contributed by atoms with van der Waals surface area (Å²) in [5, 5.41) is 14.7. The van der Waals surface area contributed by atoms with Crippen LogP contribution in [0.3, 0.4) is 0 Å². The Balaban J connectivity index is 1.32. The molecule has 3 N–H and O–H groups in total. The largest absolute Gasteiger partial charge is 0.478 e. The van der Waals surface area contributed by atoms with E-state index in [0.29, 0.717) is 33.4 Å². The van der Waals surface area contributed by atoms with Gasteiger partial charge in [0.2, 0.25) is 5.91 Å². The van der Waals surface area contributed by atoms with Crippen LogP contribution in [0.5, 0.6) is 0 Å². The van der Waals surface area contributed by atoms with Gasteiger partial charge in [0, 0.05) is 28.4 Å². The van der Waals surface area contributed by atoms with Crippen molar-refractivity contribution >= 4 is 52.2 Å². The summed E-state index contributed by atoms with van der Waals surface area (Å²) in [6.07, 6.45) is 11.4. The first-order valence-corrected chi connectivity index (χ1v) is 13.5. The topological polar surface area (TPSA) is 126 Å². The zero-order valence-electron chi connectivity index (χ0n) is 21.9. The van der Waals surface area contributed by atoms with Crippen LogP contribution in [0, 0.1) is 0 Å². The van der Waals surface area contributed by atoms with Crippen LogP contribution in [0.15, 0.2) is 65.5 Å². The van der Waals surface area contributed by atoms with E-state index in [4.69, 9.17) is 26.1 Å². The van der Waals surface area contributed by atoms with Crippen molar-refractivity contribution in [2.45, 2.75) is 51.1 Å². The van der Waals surface area contributed by atoms with E-state index < -0.39 is 23.8 Å². The molecule has 9 nitrogen and oxygen atoms in total. The fourth-order valence-corrected chi connectivity index (χ4v) is 5.23. The Kier molecular flexibility index (Phi) is 8.02. The molecular weight excluding hydrogens is 532 g/mol. The van der Waals surface area contributed by atoms with E-state index in [1.807, 2.05) is 12.1 Å². The number of halogens is 1. The van der Waals surface area contributed by atoms with Crippen molar-refractivity contribution in [2.24, 2.45) is 0 Å². The second-order valence-electron chi connectivity index (χ2n) is 9.91. The Hall–Kier alpha value is -4.37. The molecule has 5 rings (SSSR count). The third-order valence-corrected chi connectivity index (χ3v) is 7.42. The molecule has 10 heteroatoms. The van der Waals surface area contributed by atoms with Gasteiger partial charge < -0.3 is 24.7 Å². The predicted molar refractivity (Wildman–Crippen MR) is 153 cm³/mol. The Morgan fingerprint density at radius 3 is 2.65 bits per heavy atom. The number of aliphatic carboxylic acids is 1. The molecule has 1 saturated carbocycles. The minimum atomic E-state index is -1.11. The van der Waals surface area contributed by atoms with Gasteiger partial charge in [-0.15, -0.1) is 0 Å². The number of hydrogen-bond acceptors (Lipinski definition) is 5. The number of carboxylic acids is 1. The van der Waals surface area contributed by atoms with Gasteiger partial charge in [-0.2, -0.15) is 0 Å². The van der Waals surface area contributed by atoms with Crippen LogP contribution in [0.1, 0.15) is 61.0 Å². The van der Waals surface area contributed by atoms with Gasteiger partial charge in [0.15, 0.2) is 0 Å². The number of imidazole rings is 1. The fourth-order valence-electron chi connectivity index (χ4n) is 5.05. The molecule has 40 heavy (non-hydrogen) atoms. The number of benzene rings is 2. The molecule has 4 aromatic rings. The molecule has 2 aromatic carbocycles. The maximum atomic E-state index is 13.1. The van der Waals surface area contributed by atoms with Crippen molar-refractivity contribution in [3.8, 4) is 11.4 Å². The third kappa shape index (κ3) is 5.94. The summed E-state index contributed by atoms with van der Waals surface area (Å²) in [6.45, 7) is 1.59. The van der Waals surface area contributed by atoms with E-state index in [1.165, 1.54) is 25.3 Å². The molecule has 1 fully saturated rings. The number of anilines is 1. The summed E-state index contributed by atoms with van der Waals surface area (Å²) < 4.78 is 7.59. The number of carbonyl (C=O) groups excluding carboxylic acids is 2. The van der Waals surface area contributed by atoms with Crippen molar-refractivity contribution in [3.63, 3.8) is 0 Å². The van der Waals surface area contributed by atoms with Crippen molar-refractivity contribution < 1.29 is 23.9 Å². The molecular formula is C30H29ClN4O5. The van der Waals surface area contributed by atoms with Gasteiger partial charge in [-0.3, -0.25) is 9.59 Å². The number of nitrogens with zero attached hydrogens (tertiary/aromatic N) is 2. The Bertz CT molecular complexity index is 1590. The molecule has 0 bridgehead atoms. The molecule has 2 aromatic heterocycles. The lowest BCUT2D eigenvalue weighted by Gasteiger charge is -2.25. The highest BCUT2D eigenvalue weighted by Gasteiger charge is 2.24. The third-order valence-electron chi connectivity index (χ3n) is 7.08. The fraction of sp³-hybridized carbons (Fsp3) is 0.267. The molecule has 2 amide bonds. The van der Waals surface area contributed by atoms with Crippen molar-refractivity contribution in [3.05, 3.63) is 77.2 Å². The number of rotatable bonds is 8. The standard InChI is InChI=1S/C30H29ClN4O5/c1-18(29(38)33-22-9-10-24(31)19(15-22)8-12-27(36)37)32-30(39)20-7-11-26-25(16-20)34-28(21-13-14-40-17-21)35(26)23-5-3-2-4-6-23/h7-18,23H,2-6H2,1H3,(H,32,39)(H,33,38)(H,36,37)/b12-8+. The van der Waals surface area contributed by atoms with Gasteiger partial charge in [0.25, 0.3) is 5.91 Å². The van der Waals surface area contributed by atoms with E-state index in [9.17, 15) is 14.4 Å². The number of carboxylic acid groups (broad SMARTS) is 1. The number of fused-ring (bicyclic) bond motifs is 1. The van der Waals surface area contributed by atoms with E-state index in [2.05, 4.69) is 15.2 Å². The highest BCUT2D eigenvalue weighted by molar-refractivity contribution is 6.32. The summed E-state index contributed by atoms with van der Waals surface area (Å²) >= 11 is 6.12. The average molecular weight is 561 g/mol. The van der Waals surface area contributed by atoms with Gasteiger partial charge in [-0.05, 0) is 73.9 Å². The SMILES string of the molecule is CC(NC(=O)c1ccc2c(c1)nc(-c1ccoc1)n2C1CCCCC1)C(=O)Nc1ccc(Cl)c(/C=C/C(=O)O)c1. The van der Waals surface area contributed by atoms with Crippen molar-refractivity contribution in [1.82, 2.24) is 14.9 Å². The number of amides is 2. The quantitative estimate of drug-likeness (QED) is 0.217. The minimum absolute atomic E-state index is 0.333.